The van der Waals surface area contributed by atoms with Crippen LogP contribution in [0.25, 0.3) is 0 Å². The molecule has 3 N–H and O–H groups in total. The third kappa shape index (κ3) is 2.73. The summed E-state index contributed by atoms with van der Waals surface area (Å²) in [5.74, 6) is 1.05. The fourth-order valence-corrected chi connectivity index (χ4v) is 1.12. The Morgan fingerprint density at radius 2 is 2.27 bits per heavy atom. The normalized spacial score (nSPS) is 9.91. The lowest BCUT2D eigenvalue weighted by Crippen LogP contribution is -1.94. The molecule has 0 aliphatic heterocycles. The number of aliphatic hydroxyl groups is 1. The predicted octanol–water partition coefficient (Wildman–Crippen LogP) is 0.143. The summed E-state index contributed by atoms with van der Waals surface area (Å²) >= 11 is 1.45. The average Bonchev–Trinajstić information content (AvgIpc) is 2.04. The molecule has 0 fully saturated rings. The minimum absolute atomic E-state index is 0.150. The van der Waals surface area contributed by atoms with Crippen molar-refractivity contribution in [3.05, 3.63) is 12.1 Å². The Morgan fingerprint density at radius 3 is 2.82 bits per heavy atom. The van der Waals surface area contributed by atoms with Crippen LogP contribution in [0.4, 0.5) is 5.82 Å². The van der Waals surface area contributed by atoms with Crippen LogP contribution in [-0.2, 0) is 0 Å². The van der Waals surface area contributed by atoms with E-state index in [2.05, 4.69) is 10.2 Å². The highest BCUT2D eigenvalue weighted by Crippen LogP contribution is 2.12. The first-order chi connectivity index (χ1) is 5.33. The number of nitrogens with two attached hydrogens (primary N) is 1. The third-order valence-corrected chi connectivity index (χ3v) is 1.90. The van der Waals surface area contributed by atoms with E-state index in [4.69, 9.17) is 10.8 Å². The zero-order valence-corrected chi connectivity index (χ0v) is 6.71. The molecule has 5 heteroatoms. The molecule has 0 spiro atoms. The van der Waals surface area contributed by atoms with Crippen molar-refractivity contribution in [1.82, 2.24) is 10.2 Å². The first-order valence-electron chi connectivity index (χ1n) is 3.16. The maximum Gasteiger partial charge on any atom is 0.146 e. The lowest BCUT2D eigenvalue weighted by Gasteiger charge is -1.96. The first-order valence-corrected chi connectivity index (χ1v) is 4.14. The molecule has 11 heavy (non-hydrogen) atoms. The number of hydrogen-bond donors (Lipinski definition) is 2. The number of nitrogen functional groups attached to an aromatic ring is 1. The van der Waals surface area contributed by atoms with Gasteiger partial charge in [0.05, 0.1) is 6.61 Å². The van der Waals surface area contributed by atoms with E-state index in [1.54, 1.807) is 12.1 Å². The number of anilines is 1. The number of hydrogen-bond acceptors (Lipinski definition) is 5. The number of rotatable bonds is 3. The molecule has 0 unspecified atom stereocenters. The second kappa shape index (κ2) is 4.15. The average molecular weight is 171 g/mol. The molecule has 0 aromatic carbocycles. The van der Waals surface area contributed by atoms with Crippen LogP contribution in [0.2, 0.25) is 0 Å². The summed E-state index contributed by atoms with van der Waals surface area (Å²) in [6, 6.07) is 3.47. The minimum Gasteiger partial charge on any atom is -0.396 e. The molecule has 0 saturated heterocycles. The van der Waals surface area contributed by atoms with E-state index in [-0.39, 0.29) is 6.61 Å². The van der Waals surface area contributed by atoms with Gasteiger partial charge in [0.1, 0.15) is 10.8 Å². The van der Waals surface area contributed by atoms with E-state index >= 15 is 0 Å². The highest BCUT2D eigenvalue weighted by molar-refractivity contribution is 7.99. The molecule has 0 bridgehead atoms. The van der Waals surface area contributed by atoms with Crippen molar-refractivity contribution in [2.45, 2.75) is 5.03 Å². The van der Waals surface area contributed by atoms with Gasteiger partial charge in [-0.3, -0.25) is 0 Å². The van der Waals surface area contributed by atoms with Crippen LogP contribution < -0.4 is 5.73 Å². The monoisotopic (exact) mass is 171 g/mol. The summed E-state index contributed by atoms with van der Waals surface area (Å²) in [4.78, 5) is 0. The third-order valence-electron chi connectivity index (χ3n) is 1.00. The molecule has 4 nitrogen and oxygen atoms in total. The van der Waals surface area contributed by atoms with Gasteiger partial charge in [-0.2, -0.15) is 0 Å². The van der Waals surface area contributed by atoms with Gasteiger partial charge in [-0.25, -0.2) is 0 Å². The second-order valence-corrected chi connectivity index (χ2v) is 2.98. The SMILES string of the molecule is Nc1ccc(SCCO)nn1. The second-order valence-electron chi connectivity index (χ2n) is 1.87. The predicted molar refractivity (Wildman–Crippen MR) is 44.3 cm³/mol. The molecule has 1 aromatic heterocycles. The Balaban J connectivity index is 2.52. The molecule has 0 atom stereocenters. The van der Waals surface area contributed by atoms with E-state index in [9.17, 15) is 0 Å². The highest BCUT2D eigenvalue weighted by Gasteiger charge is 1.94. The number of aromatic nitrogens is 2. The number of aliphatic hydroxyl groups excluding tert-OH is 1. The molecule has 1 heterocycles. The molecule has 1 rings (SSSR count). The standard InChI is InChI=1S/C6H9N3OS/c7-5-1-2-6(9-8-5)11-4-3-10/h1-2,10H,3-4H2,(H2,7,8). The largest absolute Gasteiger partial charge is 0.396 e. The van der Waals surface area contributed by atoms with Crippen molar-refractivity contribution in [1.29, 1.82) is 0 Å². The van der Waals surface area contributed by atoms with Crippen LogP contribution in [0.15, 0.2) is 17.2 Å². The molecular weight excluding hydrogens is 162 g/mol. The summed E-state index contributed by atoms with van der Waals surface area (Å²) in [6.45, 7) is 0.150. The van der Waals surface area contributed by atoms with Gasteiger partial charge in [-0.1, -0.05) is 0 Å². The van der Waals surface area contributed by atoms with Crippen molar-refractivity contribution in [3.63, 3.8) is 0 Å². The van der Waals surface area contributed by atoms with Gasteiger partial charge in [0, 0.05) is 5.75 Å². The fourth-order valence-electron chi connectivity index (χ4n) is 0.558. The Hall–Kier alpha value is -0.810. The van der Waals surface area contributed by atoms with Gasteiger partial charge in [0.2, 0.25) is 0 Å². The van der Waals surface area contributed by atoms with Gasteiger partial charge >= 0.3 is 0 Å². The Morgan fingerprint density at radius 1 is 1.45 bits per heavy atom. The Kier molecular flexibility index (Phi) is 3.13. The van der Waals surface area contributed by atoms with Crippen LogP contribution >= 0.6 is 11.8 Å². The van der Waals surface area contributed by atoms with Crippen molar-refractivity contribution in [2.75, 3.05) is 18.1 Å². The van der Waals surface area contributed by atoms with E-state index in [0.717, 1.165) is 5.03 Å². The van der Waals surface area contributed by atoms with Crippen LogP contribution in [0, 0.1) is 0 Å². The lowest BCUT2D eigenvalue weighted by molar-refractivity contribution is 0.322. The zero-order valence-electron chi connectivity index (χ0n) is 5.90. The van der Waals surface area contributed by atoms with E-state index in [0.29, 0.717) is 11.6 Å². The molecule has 0 saturated carbocycles. The summed E-state index contributed by atoms with van der Waals surface area (Å²) < 4.78 is 0. The summed E-state index contributed by atoms with van der Waals surface area (Å²) in [5, 5.41) is 16.7. The topological polar surface area (TPSA) is 72.0 Å². The van der Waals surface area contributed by atoms with Crippen LogP contribution in [-0.4, -0.2) is 27.7 Å². The summed E-state index contributed by atoms with van der Waals surface area (Å²) in [7, 11) is 0. The maximum absolute atomic E-state index is 8.49. The number of nitrogens with zero attached hydrogens (tertiary/aromatic N) is 2. The Bertz CT molecular complexity index is 214. The molecular formula is C6H9N3OS. The van der Waals surface area contributed by atoms with Gasteiger partial charge in [-0.05, 0) is 12.1 Å². The van der Waals surface area contributed by atoms with Gasteiger partial charge < -0.3 is 10.8 Å². The minimum atomic E-state index is 0.150. The maximum atomic E-state index is 8.49. The van der Waals surface area contributed by atoms with E-state index < -0.39 is 0 Å². The van der Waals surface area contributed by atoms with E-state index in [1.807, 2.05) is 0 Å². The molecule has 1 aromatic rings. The van der Waals surface area contributed by atoms with Crippen LogP contribution in [0.5, 0.6) is 0 Å². The van der Waals surface area contributed by atoms with Crippen LogP contribution in [0.3, 0.4) is 0 Å². The fraction of sp³-hybridized carbons (Fsp3) is 0.333. The first kappa shape index (κ1) is 8.29. The van der Waals surface area contributed by atoms with Gasteiger partial charge in [0.25, 0.3) is 0 Å². The van der Waals surface area contributed by atoms with Crippen LogP contribution in [0.1, 0.15) is 0 Å². The van der Waals surface area contributed by atoms with Crippen molar-refractivity contribution < 1.29 is 5.11 Å². The quantitative estimate of drug-likeness (QED) is 0.633. The molecule has 0 aliphatic rings. The summed E-state index contributed by atoms with van der Waals surface area (Å²) in [6.07, 6.45) is 0. The summed E-state index contributed by atoms with van der Waals surface area (Å²) in [5.41, 5.74) is 5.32. The highest BCUT2D eigenvalue weighted by atomic mass is 32.2. The van der Waals surface area contributed by atoms with Crippen molar-refractivity contribution in [3.8, 4) is 0 Å². The van der Waals surface area contributed by atoms with E-state index in [1.165, 1.54) is 11.8 Å². The Labute approximate surface area is 68.8 Å². The van der Waals surface area contributed by atoms with Gasteiger partial charge in [-0.15, -0.1) is 22.0 Å². The molecule has 0 aliphatic carbocycles. The lowest BCUT2D eigenvalue weighted by atomic mass is 10.5. The smallest absolute Gasteiger partial charge is 0.146 e. The van der Waals surface area contributed by atoms with Crippen molar-refractivity contribution in [2.24, 2.45) is 0 Å². The zero-order chi connectivity index (χ0) is 8.10. The molecule has 60 valence electrons. The molecule has 0 amide bonds. The number of thioether (sulfide) groups is 1. The van der Waals surface area contributed by atoms with Gasteiger partial charge in [0.15, 0.2) is 0 Å². The van der Waals surface area contributed by atoms with Crippen molar-refractivity contribution >= 4 is 17.6 Å². The molecule has 0 radical (unpaired) electrons.